The highest BCUT2D eigenvalue weighted by Gasteiger charge is 2.14. The maximum Gasteiger partial charge on any atom is 0.419 e. The number of nitrogens with zero attached hydrogens (tertiary/aromatic N) is 2. The Labute approximate surface area is 112 Å². The number of unbranched alkanes of at least 4 members (excludes halogenated alkanes) is 1. The molecule has 1 aromatic heterocycles. The number of nitro benzene ring substituents is 1. The van der Waals surface area contributed by atoms with Gasteiger partial charge in [-0.25, -0.2) is 4.79 Å². The molecule has 1 aromatic carbocycles. The number of nitro groups is 1. The molecular weight excluding hydrogens is 268 g/mol. The van der Waals surface area contributed by atoms with Gasteiger partial charge in [0.05, 0.1) is 10.4 Å². The Morgan fingerprint density at radius 1 is 1.40 bits per heavy atom. The lowest BCUT2D eigenvalue weighted by molar-refractivity contribution is -0.384. The summed E-state index contributed by atoms with van der Waals surface area (Å²) in [5.41, 5.74) is 0.496. The number of rotatable bonds is 6. The van der Waals surface area contributed by atoms with E-state index in [1.165, 1.54) is 22.8 Å². The van der Waals surface area contributed by atoms with Crippen LogP contribution >= 0.6 is 0 Å². The van der Waals surface area contributed by atoms with Crippen LogP contribution < -0.4 is 5.76 Å². The molecule has 1 N–H and O–H groups in total. The fourth-order valence-electron chi connectivity index (χ4n) is 1.92. The van der Waals surface area contributed by atoms with Crippen LogP contribution in [-0.2, 0) is 11.3 Å². The Morgan fingerprint density at radius 3 is 2.80 bits per heavy atom. The first-order chi connectivity index (χ1) is 9.49. The summed E-state index contributed by atoms with van der Waals surface area (Å²) in [5, 5.41) is 19.3. The zero-order chi connectivity index (χ0) is 14.7. The molecule has 0 amide bonds. The molecular formula is C12H12N2O6. The van der Waals surface area contributed by atoms with Crippen LogP contribution in [-0.4, -0.2) is 20.6 Å². The molecule has 8 nitrogen and oxygen atoms in total. The van der Waals surface area contributed by atoms with Crippen molar-refractivity contribution < 1.29 is 19.2 Å². The molecule has 0 radical (unpaired) electrons. The minimum atomic E-state index is -0.898. The zero-order valence-electron chi connectivity index (χ0n) is 10.4. The second-order valence-electron chi connectivity index (χ2n) is 4.28. The van der Waals surface area contributed by atoms with Gasteiger partial charge in [0.2, 0.25) is 0 Å². The van der Waals surface area contributed by atoms with Crippen molar-refractivity contribution in [3.63, 3.8) is 0 Å². The molecule has 0 spiro atoms. The van der Waals surface area contributed by atoms with Crippen LogP contribution in [0.3, 0.4) is 0 Å². The normalized spacial score (nSPS) is 10.8. The predicted octanol–water partition coefficient (Wildman–Crippen LogP) is 1.76. The highest BCUT2D eigenvalue weighted by atomic mass is 16.6. The van der Waals surface area contributed by atoms with Crippen molar-refractivity contribution in [2.24, 2.45) is 0 Å². The third-order valence-corrected chi connectivity index (χ3v) is 2.88. The monoisotopic (exact) mass is 280 g/mol. The summed E-state index contributed by atoms with van der Waals surface area (Å²) in [7, 11) is 0. The summed E-state index contributed by atoms with van der Waals surface area (Å²) in [4.78, 5) is 32.2. The van der Waals surface area contributed by atoms with E-state index in [0.717, 1.165) is 0 Å². The standard InChI is InChI=1S/C12H12N2O6/c15-11(16)3-1-2-6-13-9-7-8(14(18)19)4-5-10(9)20-12(13)17/h4-5,7H,1-3,6H2,(H,15,16). The van der Waals surface area contributed by atoms with Gasteiger partial charge in [-0.05, 0) is 18.9 Å². The van der Waals surface area contributed by atoms with Crippen molar-refractivity contribution in [1.29, 1.82) is 0 Å². The van der Waals surface area contributed by atoms with Gasteiger partial charge in [-0.1, -0.05) is 0 Å². The first-order valence-corrected chi connectivity index (χ1v) is 5.98. The Morgan fingerprint density at radius 2 is 2.15 bits per heavy atom. The van der Waals surface area contributed by atoms with Gasteiger partial charge < -0.3 is 9.52 Å². The topological polar surface area (TPSA) is 116 Å². The minimum Gasteiger partial charge on any atom is -0.481 e. The molecule has 8 heteroatoms. The van der Waals surface area contributed by atoms with E-state index in [-0.39, 0.29) is 24.2 Å². The van der Waals surface area contributed by atoms with Crippen LogP contribution in [0.25, 0.3) is 11.1 Å². The van der Waals surface area contributed by atoms with Crippen LogP contribution in [0.2, 0.25) is 0 Å². The van der Waals surface area contributed by atoms with Gasteiger partial charge in [0, 0.05) is 25.1 Å². The fraction of sp³-hybridized carbons (Fsp3) is 0.333. The van der Waals surface area contributed by atoms with E-state index in [4.69, 9.17) is 9.52 Å². The molecule has 106 valence electrons. The molecule has 1 heterocycles. The van der Waals surface area contributed by atoms with Crippen LogP contribution in [0.4, 0.5) is 5.69 Å². The average molecular weight is 280 g/mol. The summed E-state index contributed by atoms with van der Waals surface area (Å²) >= 11 is 0. The van der Waals surface area contributed by atoms with Crippen molar-refractivity contribution in [2.75, 3.05) is 0 Å². The van der Waals surface area contributed by atoms with Crippen LogP contribution in [0, 0.1) is 10.1 Å². The maximum atomic E-state index is 11.7. The number of carboxylic acid groups (broad SMARTS) is 1. The molecule has 20 heavy (non-hydrogen) atoms. The maximum absolute atomic E-state index is 11.7. The quantitative estimate of drug-likeness (QED) is 0.489. The number of benzene rings is 1. The number of carbonyl (C=O) groups is 1. The number of oxazole rings is 1. The lowest BCUT2D eigenvalue weighted by atomic mass is 10.2. The van der Waals surface area contributed by atoms with Gasteiger partial charge in [-0.3, -0.25) is 19.5 Å². The summed E-state index contributed by atoms with van der Waals surface area (Å²) in [6, 6.07) is 3.92. The molecule has 0 aliphatic heterocycles. The van der Waals surface area contributed by atoms with Gasteiger partial charge in [0.15, 0.2) is 5.58 Å². The zero-order valence-corrected chi connectivity index (χ0v) is 10.4. The molecule has 0 atom stereocenters. The molecule has 2 rings (SSSR count). The van der Waals surface area contributed by atoms with Crippen molar-refractivity contribution in [2.45, 2.75) is 25.8 Å². The number of hydrogen-bond donors (Lipinski definition) is 1. The largest absolute Gasteiger partial charge is 0.481 e. The van der Waals surface area contributed by atoms with E-state index < -0.39 is 16.6 Å². The van der Waals surface area contributed by atoms with E-state index in [9.17, 15) is 19.7 Å². The van der Waals surface area contributed by atoms with Crippen molar-refractivity contribution in [3.8, 4) is 0 Å². The fourth-order valence-corrected chi connectivity index (χ4v) is 1.92. The van der Waals surface area contributed by atoms with E-state index in [1.54, 1.807) is 0 Å². The molecule has 0 aliphatic carbocycles. The molecule has 0 aliphatic rings. The van der Waals surface area contributed by atoms with E-state index in [2.05, 4.69) is 0 Å². The molecule has 0 fully saturated rings. The Bertz CT molecular complexity index is 714. The Kier molecular flexibility index (Phi) is 3.83. The molecule has 0 unspecified atom stereocenters. The van der Waals surface area contributed by atoms with E-state index >= 15 is 0 Å². The molecule has 0 saturated heterocycles. The lowest BCUT2D eigenvalue weighted by Gasteiger charge is -2.01. The summed E-state index contributed by atoms with van der Waals surface area (Å²) in [5.74, 6) is -1.50. The Hall–Kier alpha value is -2.64. The highest BCUT2D eigenvalue weighted by Crippen LogP contribution is 2.20. The van der Waals surface area contributed by atoms with E-state index in [0.29, 0.717) is 18.4 Å². The lowest BCUT2D eigenvalue weighted by Crippen LogP contribution is -2.14. The number of non-ortho nitro benzene ring substituents is 1. The predicted molar refractivity (Wildman–Crippen MR) is 68.6 cm³/mol. The van der Waals surface area contributed by atoms with Gasteiger partial charge in [0.25, 0.3) is 5.69 Å². The third-order valence-electron chi connectivity index (χ3n) is 2.88. The molecule has 0 bridgehead atoms. The van der Waals surface area contributed by atoms with Gasteiger partial charge >= 0.3 is 11.7 Å². The van der Waals surface area contributed by atoms with Crippen LogP contribution in [0.5, 0.6) is 0 Å². The van der Waals surface area contributed by atoms with Crippen LogP contribution in [0.15, 0.2) is 27.4 Å². The van der Waals surface area contributed by atoms with Gasteiger partial charge in [0.1, 0.15) is 0 Å². The molecule has 0 saturated carbocycles. The number of carboxylic acids is 1. The van der Waals surface area contributed by atoms with Crippen molar-refractivity contribution in [3.05, 3.63) is 38.9 Å². The number of aliphatic carboxylic acids is 1. The number of aromatic nitrogens is 1. The molecule has 2 aromatic rings. The van der Waals surface area contributed by atoms with E-state index in [1.807, 2.05) is 0 Å². The number of aryl methyl sites for hydroxylation is 1. The van der Waals surface area contributed by atoms with Gasteiger partial charge in [-0.15, -0.1) is 0 Å². The van der Waals surface area contributed by atoms with Crippen molar-refractivity contribution in [1.82, 2.24) is 4.57 Å². The number of fused-ring (bicyclic) bond motifs is 1. The number of hydrogen-bond acceptors (Lipinski definition) is 5. The average Bonchev–Trinajstić information content (AvgIpc) is 2.69. The second kappa shape index (κ2) is 5.55. The minimum absolute atomic E-state index is 0.0185. The second-order valence-corrected chi connectivity index (χ2v) is 4.28. The highest BCUT2D eigenvalue weighted by molar-refractivity contribution is 5.75. The van der Waals surface area contributed by atoms with Gasteiger partial charge in [-0.2, -0.15) is 0 Å². The first-order valence-electron chi connectivity index (χ1n) is 5.98. The van der Waals surface area contributed by atoms with Crippen molar-refractivity contribution >= 4 is 22.8 Å². The summed E-state index contributed by atoms with van der Waals surface area (Å²) < 4.78 is 6.26. The third kappa shape index (κ3) is 2.85. The van der Waals surface area contributed by atoms with Crippen LogP contribution in [0.1, 0.15) is 19.3 Å². The smallest absolute Gasteiger partial charge is 0.419 e. The SMILES string of the molecule is O=C(O)CCCCn1c(=O)oc2ccc([N+](=O)[O-])cc21. The first kappa shape index (κ1) is 13.8. The Balaban J connectivity index is 2.25. The summed E-state index contributed by atoms with van der Waals surface area (Å²) in [6.45, 7) is 0.264. The summed E-state index contributed by atoms with van der Waals surface area (Å²) in [6.07, 6.45) is 0.914.